The van der Waals surface area contributed by atoms with Crippen molar-refractivity contribution in [3.8, 4) is 0 Å². The van der Waals surface area contributed by atoms with Gasteiger partial charge in [-0.1, -0.05) is 23.5 Å². The average molecular weight is 371 g/mol. The van der Waals surface area contributed by atoms with Crippen LogP contribution in [0.1, 0.15) is 35.1 Å². The maximum absolute atomic E-state index is 13.3. The van der Waals surface area contributed by atoms with Crippen molar-refractivity contribution in [1.29, 1.82) is 0 Å². The van der Waals surface area contributed by atoms with Crippen LogP contribution in [0.5, 0.6) is 0 Å². The molecule has 134 valence electrons. The molecule has 2 aliphatic rings. The summed E-state index contributed by atoms with van der Waals surface area (Å²) in [6.07, 6.45) is 0.435. The van der Waals surface area contributed by atoms with Gasteiger partial charge in [0.1, 0.15) is 5.01 Å². The number of carbonyl (C=O) groups is 3. The smallest absolute Gasteiger partial charge is 0.273 e. The first-order valence-electron chi connectivity index (χ1n) is 8.34. The molecule has 3 heterocycles. The zero-order valence-electron chi connectivity index (χ0n) is 14.4. The van der Waals surface area contributed by atoms with E-state index in [2.05, 4.69) is 15.5 Å². The summed E-state index contributed by atoms with van der Waals surface area (Å²) >= 11 is 1.25. The summed E-state index contributed by atoms with van der Waals surface area (Å²) < 4.78 is 0. The van der Waals surface area contributed by atoms with Crippen LogP contribution in [-0.2, 0) is 9.59 Å². The quantitative estimate of drug-likeness (QED) is 0.887. The van der Waals surface area contributed by atoms with E-state index in [0.717, 1.165) is 5.01 Å². The van der Waals surface area contributed by atoms with Gasteiger partial charge in [0, 0.05) is 19.4 Å². The SMILES string of the molecule is CCN1C(=O)c2ccccc2N2C(=O)CC[C@]12C(=O)Nc1nnc(C)s1. The van der Waals surface area contributed by atoms with E-state index < -0.39 is 11.6 Å². The van der Waals surface area contributed by atoms with Gasteiger partial charge in [-0.2, -0.15) is 0 Å². The van der Waals surface area contributed by atoms with Crippen molar-refractivity contribution in [2.45, 2.75) is 32.4 Å². The summed E-state index contributed by atoms with van der Waals surface area (Å²) in [5.74, 6) is -0.867. The summed E-state index contributed by atoms with van der Waals surface area (Å²) in [6, 6.07) is 6.90. The molecule has 8 nitrogen and oxygen atoms in total. The lowest BCUT2D eigenvalue weighted by molar-refractivity contribution is -0.128. The molecule has 1 fully saturated rings. The number of benzene rings is 1. The number of hydrogen-bond donors (Lipinski definition) is 1. The van der Waals surface area contributed by atoms with E-state index in [-0.39, 0.29) is 24.7 Å². The molecule has 0 bridgehead atoms. The second kappa shape index (κ2) is 5.87. The molecule has 2 aromatic rings. The first-order valence-corrected chi connectivity index (χ1v) is 9.16. The Morgan fingerprint density at radius 2 is 2.08 bits per heavy atom. The Labute approximate surface area is 153 Å². The molecule has 1 N–H and O–H groups in total. The van der Waals surface area contributed by atoms with Crippen molar-refractivity contribution in [1.82, 2.24) is 15.1 Å². The molecule has 0 aliphatic carbocycles. The predicted molar refractivity (Wildman–Crippen MR) is 95.9 cm³/mol. The van der Waals surface area contributed by atoms with Crippen molar-refractivity contribution in [2.75, 3.05) is 16.8 Å². The van der Waals surface area contributed by atoms with Crippen LogP contribution >= 0.6 is 11.3 Å². The maximum atomic E-state index is 13.3. The highest BCUT2D eigenvalue weighted by Gasteiger charge is 2.60. The fourth-order valence-electron chi connectivity index (χ4n) is 3.75. The van der Waals surface area contributed by atoms with Crippen LogP contribution in [0.2, 0.25) is 0 Å². The van der Waals surface area contributed by atoms with Gasteiger partial charge in [0.15, 0.2) is 0 Å². The second-order valence-electron chi connectivity index (χ2n) is 6.19. The average Bonchev–Trinajstić information content (AvgIpc) is 3.19. The van der Waals surface area contributed by atoms with Crippen molar-refractivity contribution in [3.05, 3.63) is 34.8 Å². The zero-order chi connectivity index (χ0) is 18.5. The minimum absolute atomic E-state index is 0.174. The number of anilines is 2. The number of hydrogen-bond acceptors (Lipinski definition) is 6. The van der Waals surface area contributed by atoms with E-state index in [0.29, 0.717) is 22.9 Å². The number of aryl methyl sites for hydroxylation is 1. The Hall–Kier alpha value is -2.81. The van der Waals surface area contributed by atoms with Crippen LogP contribution in [-0.4, -0.2) is 45.0 Å². The molecule has 26 heavy (non-hydrogen) atoms. The normalized spacial score (nSPS) is 21.6. The molecule has 0 saturated carbocycles. The fourth-order valence-corrected chi connectivity index (χ4v) is 4.34. The number of amides is 3. The van der Waals surface area contributed by atoms with Gasteiger partial charge in [-0.3, -0.25) is 24.6 Å². The summed E-state index contributed by atoms with van der Waals surface area (Å²) in [6.45, 7) is 3.90. The van der Waals surface area contributed by atoms with E-state index in [4.69, 9.17) is 0 Å². The molecule has 1 atom stereocenters. The van der Waals surface area contributed by atoms with Crippen molar-refractivity contribution in [3.63, 3.8) is 0 Å². The third kappa shape index (κ3) is 2.16. The van der Waals surface area contributed by atoms with E-state index in [1.54, 1.807) is 38.1 Å². The number of likely N-dealkylation sites (N-methyl/N-ethyl adjacent to an activating group) is 1. The summed E-state index contributed by atoms with van der Waals surface area (Å²) in [7, 11) is 0. The van der Waals surface area contributed by atoms with Crippen molar-refractivity contribution >= 4 is 39.9 Å². The lowest BCUT2D eigenvalue weighted by atomic mass is 9.95. The molecule has 0 radical (unpaired) electrons. The Bertz CT molecular complexity index is 927. The van der Waals surface area contributed by atoms with Gasteiger partial charge in [-0.15, -0.1) is 10.2 Å². The van der Waals surface area contributed by atoms with Crippen molar-refractivity contribution < 1.29 is 14.4 Å². The van der Waals surface area contributed by atoms with Crippen molar-refractivity contribution in [2.24, 2.45) is 0 Å². The van der Waals surface area contributed by atoms with Crippen LogP contribution in [0, 0.1) is 6.92 Å². The Morgan fingerprint density at radius 3 is 2.77 bits per heavy atom. The lowest BCUT2D eigenvalue weighted by Crippen LogP contribution is -2.69. The highest BCUT2D eigenvalue weighted by Crippen LogP contribution is 2.44. The summed E-state index contributed by atoms with van der Waals surface area (Å²) in [4.78, 5) is 42.0. The number of nitrogens with zero attached hydrogens (tertiary/aromatic N) is 4. The zero-order valence-corrected chi connectivity index (χ0v) is 15.2. The molecule has 0 spiro atoms. The molecule has 9 heteroatoms. The summed E-state index contributed by atoms with van der Waals surface area (Å²) in [5, 5.41) is 11.6. The van der Waals surface area contributed by atoms with Crippen LogP contribution in [0.4, 0.5) is 10.8 Å². The minimum atomic E-state index is -1.38. The van der Waals surface area contributed by atoms with E-state index in [9.17, 15) is 14.4 Å². The van der Waals surface area contributed by atoms with E-state index >= 15 is 0 Å². The molecule has 0 unspecified atom stereocenters. The first-order chi connectivity index (χ1) is 12.5. The fraction of sp³-hybridized carbons (Fsp3) is 0.353. The number of nitrogens with one attached hydrogen (secondary N) is 1. The van der Waals surface area contributed by atoms with Gasteiger partial charge < -0.3 is 4.90 Å². The number of para-hydroxylation sites is 1. The molecular formula is C17H17N5O3S. The first kappa shape index (κ1) is 16.6. The highest BCUT2D eigenvalue weighted by molar-refractivity contribution is 7.15. The van der Waals surface area contributed by atoms with Crippen LogP contribution in [0.15, 0.2) is 24.3 Å². The minimum Gasteiger partial charge on any atom is -0.307 e. The van der Waals surface area contributed by atoms with Gasteiger partial charge in [0.2, 0.25) is 16.7 Å². The molecule has 2 aliphatic heterocycles. The van der Waals surface area contributed by atoms with Gasteiger partial charge in [-0.05, 0) is 26.0 Å². The Balaban J connectivity index is 1.85. The molecule has 1 aromatic heterocycles. The van der Waals surface area contributed by atoms with Crippen LogP contribution < -0.4 is 10.2 Å². The Kier molecular flexibility index (Phi) is 3.76. The van der Waals surface area contributed by atoms with Gasteiger partial charge in [0.05, 0.1) is 11.3 Å². The summed E-state index contributed by atoms with van der Waals surface area (Å²) in [5.41, 5.74) is -0.468. The molecular weight excluding hydrogens is 354 g/mol. The van der Waals surface area contributed by atoms with Gasteiger partial charge in [0.25, 0.3) is 11.8 Å². The van der Waals surface area contributed by atoms with Gasteiger partial charge in [-0.25, -0.2) is 0 Å². The number of carbonyl (C=O) groups excluding carboxylic acids is 3. The topological polar surface area (TPSA) is 95.5 Å². The molecule has 1 aromatic carbocycles. The number of fused-ring (bicyclic) bond motifs is 3. The van der Waals surface area contributed by atoms with Gasteiger partial charge >= 0.3 is 0 Å². The number of rotatable bonds is 3. The van der Waals surface area contributed by atoms with E-state index in [1.165, 1.54) is 21.1 Å². The number of aromatic nitrogens is 2. The monoisotopic (exact) mass is 371 g/mol. The standard InChI is InChI=1S/C17H17N5O3S/c1-3-21-14(24)11-6-4-5-7-12(11)22-13(23)8-9-17(21,22)15(25)18-16-20-19-10(2)26-16/h4-7H,3,8-9H2,1-2H3,(H,18,20,25)/t17-/m0/s1. The third-order valence-corrected chi connectivity index (χ3v) is 5.55. The molecule has 3 amide bonds. The third-order valence-electron chi connectivity index (χ3n) is 4.80. The molecule has 4 rings (SSSR count). The second-order valence-corrected chi connectivity index (χ2v) is 7.37. The highest BCUT2D eigenvalue weighted by atomic mass is 32.1. The predicted octanol–water partition coefficient (Wildman–Crippen LogP) is 1.78. The Morgan fingerprint density at radius 1 is 1.31 bits per heavy atom. The van der Waals surface area contributed by atoms with Crippen LogP contribution in [0.3, 0.4) is 0 Å². The van der Waals surface area contributed by atoms with Crippen LogP contribution in [0.25, 0.3) is 0 Å². The maximum Gasteiger partial charge on any atom is 0.273 e. The molecule has 1 saturated heterocycles. The van der Waals surface area contributed by atoms with E-state index in [1.807, 2.05) is 0 Å². The lowest BCUT2D eigenvalue weighted by Gasteiger charge is -2.48. The largest absolute Gasteiger partial charge is 0.307 e.